The van der Waals surface area contributed by atoms with Crippen molar-refractivity contribution in [1.29, 1.82) is 0 Å². The molecule has 2 N–H and O–H groups in total. The Balaban J connectivity index is 2.14. The number of pyridine rings is 1. The van der Waals surface area contributed by atoms with Gasteiger partial charge in [-0.05, 0) is 25.1 Å². The van der Waals surface area contributed by atoms with E-state index in [9.17, 15) is 4.79 Å². The van der Waals surface area contributed by atoms with Crippen LogP contribution in [0.4, 0.5) is 5.69 Å². The van der Waals surface area contributed by atoms with Gasteiger partial charge in [-0.2, -0.15) is 0 Å². The predicted octanol–water partition coefficient (Wildman–Crippen LogP) is 3.07. The van der Waals surface area contributed by atoms with Gasteiger partial charge in [-0.25, -0.2) is 4.79 Å². The fourth-order valence-electron chi connectivity index (χ4n) is 1.76. The van der Waals surface area contributed by atoms with Crippen LogP contribution in [0.15, 0.2) is 36.7 Å². The van der Waals surface area contributed by atoms with E-state index < -0.39 is 5.97 Å². The smallest absolute Gasteiger partial charge is 0.342 e. The number of nitrogen functional groups attached to an aromatic ring is 1. The van der Waals surface area contributed by atoms with Crippen LogP contribution in [0.25, 0.3) is 0 Å². The van der Waals surface area contributed by atoms with Crippen molar-refractivity contribution in [2.24, 2.45) is 0 Å². The first kappa shape index (κ1) is 15.1. The number of rotatable bonds is 5. The summed E-state index contributed by atoms with van der Waals surface area (Å²) in [7, 11) is 0. The molecule has 21 heavy (non-hydrogen) atoms. The number of carbonyl (C=O) groups is 1. The Bertz CT molecular complexity index is 647. The summed E-state index contributed by atoms with van der Waals surface area (Å²) in [6.07, 6.45) is 3.08. The number of carbonyl (C=O) groups excluding carboxylic acids is 1. The van der Waals surface area contributed by atoms with Crippen LogP contribution in [0.3, 0.4) is 0 Å². The summed E-state index contributed by atoms with van der Waals surface area (Å²) in [6.45, 7) is 2.28. The average Bonchev–Trinajstić information content (AvgIpc) is 2.48. The molecule has 6 heteroatoms. The molecule has 0 amide bonds. The molecule has 110 valence electrons. The van der Waals surface area contributed by atoms with E-state index in [-0.39, 0.29) is 6.61 Å². The van der Waals surface area contributed by atoms with E-state index in [0.29, 0.717) is 34.2 Å². The molecule has 1 aromatic carbocycles. The maximum Gasteiger partial charge on any atom is 0.342 e. The minimum absolute atomic E-state index is 0.0561. The fourth-order valence-corrected chi connectivity index (χ4v) is 1.94. The van der Waals surface area contributed by atoms with Crippen molar-refractivity contribution in [3.63, 3.8) is 0 Å². The number of nitrogens with zero attached hydrogens (tertiary/aromatic N) is 1. The van der Waals surface area contributed by atoms with Crippen molar-refractivity contribution in [3.05, 3.63) is 52.8 Å². The van der Waals surface area contributed by atoms with Crippen molar-refractivity contribution < 1.29 is 14.3 Å². The van der Waals surface area contributed by atoms with Crippen molar-refractivity contribution in [1.82, 2.24) is 4.98 Å². The number of anilines is 1. The third-order valence-corrected chi connectivity index (χ3v) is 3.11. The first-order valence-electron chi connectivity index (χ1n) is 6.40. The highest BCUT2D eigenvalue weighted by atomic mass is 35.5. The molecule has 0 atom stereocenters. The highest BCUT2D eigenvalue weighted by Gasteiger charge is 2.16. The topological polar surface area (TPSA) is 74.4 Å². The van der Waals surface area contributed by atoms with Crippen LogP contribution in [-0.2, 0) is 11.3 Å². The van der Waals surface area contributed by atoms with Gasteiger partial charge in [-0.15, -0.1) is 0 Å². The minimum Gasteiger partial charge on any atom is -0.491 e. The predicted molar refractivity (Wildman–Crippen MR) is 80.4 cm³/mol. The maximum atomic E-state index is 12.2. The molecule has 1 heterocycles. The van der Waals surface area contributed by atoms with Crippen LogP contribution in [0.1, 0.15) is 22.8 Å². The molecule has 2 aromatic rings. The van der Waals surface area contributed by atoms with Gasteiger partial charge in [0.25, 0.3) is 0 Å². The van der Waals surface area contributed by atoms with E-state index in [1.807, 2.05) is 6.92 Å². The van der Waals surface area contributed by atoms with Crippen molar-refractivity contribution in [2.45, 2.75) is 13.5 Å². The van der Waals surface area contributed by atoms with Gasteiger partial charge in [0.1, 0.15) is 12.2 Å². The SMILES string of the molecule is CCOc1c(N)cccc1C(=O)OCc1ccncc1Cl. The summed E-state index contributed by atoms with van der Waals surface area (Å²) in [5, 5.41) is 0.447. The second kappa shape index (κ2) is 6.95. The summed E-state index contributed by atoms with van der Waals surface area (Å²) in [4.78, 5) is 16.0. The highest BCUT2D eigenvalue weighted by Crippen LogP contribution is 2.27. The largest absolute Gasteiger partial charge is 0.491 e. The lowest BCUT2D eigenvalue weighted by atomic mass is 10.1. The van der Waals surface area contributed by atoms with E-state index in [1.54, 1.807) is 30.5 Å². The van der Waals surface area contributed by atoms with E-state index in [1.165, 1.54) is 6.20 Å². The minimum atomic E-state index is -0.515. The molecule has 0 fully saturated rings. The van der Waals surface area contributed by atoms with Gasteiger partial charge in [0.2, 0.25) is 0 Å². The molecular formula is C15H15ClN2O3. The monoisotopic (exact) mass is 306 g/mol. The number of nitrogens with two attached hydrogens (primary N) is 1. The van der Waals surface area contributed by atoms with Gasteiger partial charge in [0, 0.05) is 18.0 Å². The summed E-state index contributed by atoms with van der Waals surface area (Å²) in [5.41, 5.74) is 7.19. The lowest BCUT2D eigenvalue weighted by Gasteiger charge is -2.12. The fraction of sp³-hybridized carbons (Fsp3) is 0.200. The van der Waals surface area contributed by atoms with E-state index in [0.717, 1.165) is 0 Å². The number of hydrogen-bond donors (Lipinski definition) is 1. The normalized spacial score (nSPS) is 10.2. The van der Waals surface area contributed by atoms with E-state index in [2.05, 4.69) is 4.98 Å². The molecule has 0 saturated carbocycles. The molecule has 1 aromatic heterocycles. The zero-order chi connectivity index (χ0) is 15.2. The van der Waals surface area contributed by atoms with Gasteiger partial charge in [-0.1, -0.05) is 17.7 Å². The number of benzene rings is 1. The number of ether oxygens (including phenoxy) is 2. The summed E-state index contributed by atoms with van der Waals surface area (Å²) >= 11 is 5.96. The molecule has 0 unspecified atom stereocenters. The zero-order valence-corrected chi connectivity index (χ0v) is 12.3. The van der Waals surface area contributed by atoms with E-state index >= 15 is 0 Å². The van der Waals surface area contributed by atoms with Crippen molar-refractivity contribution >= 4 is 23.3 Å². The number of esters is 1. The Kier molecular flexibility index (Phi) is 5.00. The Hall–Kier alpha value is -2.27. The molecule has 0 bridgehead atoms. The van der Waals surface area contributed by atoms with Gasteiger partial charge in [0.15, 0.2) is 5.75 Å². The molecule has 5 nitrogen and oxygen atoms in total. The number of hydrogen-bond acceptors (Lipinski definition) is 5. The Morgan fingerprint density at radius 3 is 2.90 bits per heavy atom. The molecule has 0 spiro atoms. The second-order valence-electron chi connectivity index (χ2n) is 4.20. The Labute approximate surface area is 127 Å². The third-order valence-electron chi connectivity index (χ3n) is 2.77. The van der Waals surface area contributed by atoms with Crippen LogP contribution >= 0.6 is 11.6 Å². The van der Waals surface area contributed by atoms with Crippen LogP contribution in [0.5, 0.6) is 5.75 Å². The van der Waals surface area contributed by atoms with Crippen molar-refractivity contribution in [2.75, 3.05) is 12.3 Å². The lowest BCUT2D eigenvalue weighted by molar-refractivity contribution is 0.0468. The summed E-state index contributed by atoms with van der Waals surface area (Å²) in [5.74, 6) is -0.176. The van der Waals surface area contributed by atoms with Crippen LogP contribution in [0.2, 0.25) is 5.02 Å². The molecule has 0 radical (unpaired) electrons. The molecule has 0 aliphatic heterocycles. The maximum absolute atomic E-state index is 12.2. The number of aromatic nitrogens is 1. The number of para-hydroxylation sites is 1. The van der Waals surface area contributed by atoms with Gasteiger partial charge >= 0.3 is 5.97 Å². The summed E-state index contributed by atoms with van der Waals surface area (Å²) < 4.78 is 10.7. The van der Waals surface area contributed by atoms with Crippen LogP contribution < -0.4 is 10.5 Å². The number of halogens is 1. The van der Waals surface area contributed by atoms with Crippen molar-refractivity contribution in [3.8, 4) is 5.75 Å². The second-order valence-corrected chi connectivity index (χ2v) is 4.61. The van der Waals surface area contributed by atoms with Crippen LogP contribution in [-0.4, -0.2) is 17.6 Å². The Morgan fingerprint density at radius 2 is 2.19 bits per heavy atom. The van der Waals surface area contributed by atoms with Gasteiger partial charge < -0.3 is 15.2 Å². The highest BCUT2D eigenvalue weighted by molar-refractivity contribution is 6.31. The molecule has 0 aliphatic rings. The van der Waals surface area contributed by atoms with Crippen LogP contribution in [0, 0.1) is 0 Å². The molecule has 2 rings (SSSR count). The average molecular weight is 307 g/mol. The third kappa shape index (κ3) is 3.64. The van der Waals surface area contributed by atoms with Gasteiger partial charge in [-0.3, -0.25) is 4.98 Å². The summed E-state index contributed by atoms with van der Waals surface area (Å²) in [6, 6.07) is 6.64. The zero-order valence-electron chi connectivity index (χ0n) is 11.5. The molecule has 0 aliphatic carbocycles. The molecule has 0 saturated heterocycles. The van der Waals surface area contributed by atoms with E-state index in [4.69, 9.17) is 26.8 Å². The first-order valence-corrected chi connectivity index (χ1v) is 6.78. The standard InChI is InChI=1S/C15H15ClN2O3/c1-2-20-14-11(4-3-5-13(14)17)15(19)21-9-10-6-7-18-8-12(10)16/h3-8H,2,9,17H2,1H3. The quantitative estimate of drug-likeness (QED) is 0.678. The van der Waals surface area contributed by atoms with Gasteiger partial charge in [0.05, 0.1) is 17.3 Å². The molecular weight excluding hydrogens is 292 g/mol. The first-order chi connectivity index (χ1) is 10.1. The Morgan fingerprint density at radius 1 is 1.38 bits per heavy atom. The lowest BCUT2D eigenvalue weighted by Crippen LogP contribution is -2.10.